The number of hydrogen-bond donors (Lipinski definition) is 2. The summed E-state index contributed by atoms with van der Waals surface area (Å²) in [6.45, 7) is 6.77. The number of aromatic nitrogens is 4. The Morgan fingerprint density at radius 3 is 2.38 bits per heavy atom. The number of anilines is 2. The van der Waals surface area contributed by atoms with Gasteiger partial charge in [-0.3, -0.25) is 9.59 Å². The summed E-state index contributed by atoms with van der Waals surface area (Å²) in [5, 5.41) is 6.93. The third kappa shape index (κ3) is 5.42. The van der Waals surface area contributed by atoms with E-state index in [9.17, 15) is 14.4 Å². The maximum Gasteiger partial charge on any atom is 0.410 e. The molecule has 2 unspecified atom stereocenters. The van der Waals surface area contributed by atoms with Gasteiger partial charge in [-0.2, -0.15) is 4.98 Å². The van der Waals surface area contributed by atoms with Crippen molar-refractivity contribution < 1.29 is 19.1 Å². The van der Waals surface area contributed by atoms with E-state index in [4.69, 9.17) is 9.72 Å². The minimum atomic E-state index is -0.554. The van der Waals surface area contributed by atoms with E-state index in [2.05, 4.69) is 25.2 Å². The zero-order chi connectivity index (χ0) is 29.6. The number of nitrogens with zero attached hydrogens (tertiary/aromatic N) is 6. The summed E-state index contributed by atoms with van der Waals surface area (Å²) >= 11 is 0. The third-order valence-corrected chi connectivity index (χ3v) is 8.27. The van der Waals surface area contributed by atoms with Crippen LogP contribution in [0, 0.1) is 0 Å². The van der Waals surface area contributed by atoms with Crippen LogP contribution in [0.5, 0.6) is 0 Å². The quantitative estimate of drug-likeness (QED) is 0.403. The maximum atomic E-state index is 13.3. The summed E-state index contributed by atoms with van der Waals surface area (Å²) < 4.78 is 7.61. The second-order valence-corrected chi connectivity index (χ2v) is 12.5. The molecule has 12 nitrogen and oxygen atoms in total. The SMILES string of the molecule is CNCC(=O)c1cc2cnc(Nc3ccc(C(=O)N4CC5CC4CN5C(=O)OC(C)(C)C)cn3)nc2n1C1CCCC1. The number of pyridine rings is 1. The summed E-state index contributed by atoms with van der Waals surface area (Å²) in [4.78, 5) is 56.0. The Morgan fingerprint density at radius 2 is 1.74 bits per heavy atom. The molecular formula is C30H38N8O4. The highest BCUT2D eigenvalue weighted by molar-refractivity contribution is 6.00. The van der Waals surface area contributed by atoms with Gasteiger partial charge in [0.2, 0.25) is 5.95 Å². The molecule has 42 heavy (non-hydrogen) atoms. The molecule has 6 rings (SSSR count). The van der Waals surface area contributed by atoms with Crippen LogP contribution in [0.15, 0.2) is 30.6 Å². The zero-order valence-corrected chi connectivity index (χ0v) is 24.6. The molecule has 2 bridgehead atoms. The zero-order valence-electron chi connectivity index (χ0n) is 24.6. The van der Waals surface area contributed by atoms with Crippen LogP contribution >= 0.6 is 0 Å². The van der Waals surface area contributed by atoms with Crippen molar-refractivity contribution in [2.75, 3.05) is 32.0 Å². The fraction of sp³-hybridized carbons (Fsp3) is 0.533. The molecule has 3 aromatic heterocycles. The normalized spacial score (nSPS) is 20.5. The van der Waals surface area contributed by atoms with Gasteiger partial charge in [-0.05, 0) is 65.3 Å². The second-order valence-electron chi connectivity index (χ2n) is 12.5. The number of carbonyl (C=O) groups excluding carboxylic acids is 3. The van der Waals surface area contributed by atoms with E-state index < -0.39 is 5.60 Å². The Morgan fingerprint density at radius 1 is 1.00 bits per heavy atom. The Labute approximate surface area is 244 Å². The smallest absolute Gasteiger partial charge is 0.410 e. The van der Waals surface area contributed by atoms with Gasteiger partial charge in [0.25, 0.3) is 5.91 Å². The number of likely N-dealkylation sites (N-methyl/N-ethyl adjacent to an activating group) is 1. The number of piperazine rings is 1. The van der Waals surface area contributed by atoms with Crippen LogP contribution in [-0.2, 0) is 4.74 Å². The predicted molar refractivity (Wildman–Crippen MR) is 157 cm³/mol. The van der Waals surface area contributed by atoms with E-state index in [1.165, 1.54) is 0 Å². The van der Waals surface area contributed by atoms with Crippen LogP contribution in [0.1, 0.15) is 79.8 Å². The Kier molecular flexibility index (Phi) is 7.34. The van der Waals surface area contributed by atoms with Gasteiger partial charge in [0.1, 0.15) is 17.1 Å². The van der Waals surface area contributed by atoms with Crippen LogP contribution in [0.2, 0.25) is 0 Å². The molecule has 3 aliphatic rings. The van der Waals surface area contributed by atoms with Crippen molar-refractivity contribution in [3.63, 3.8) is 0 Å². The minimum Gasteiger partial charge on any atom is -0.444 e. The van der Waals surface area contributed by atoms with E-state index in [-0.39, 0.29) is 42.5 Å². The van der Waals surface area contributed by atoms with E-state index >= 15 is 0 Å². The van der Waals surface area contributed by atoms with Crippen molar-refractivity contribution in [3.8, 4) is 0 Å². The Hall–Kier alpha value is -4.06. The lowest BCUT2D eigenvalue weighted by Gasteiger charge is -2.35. The number of ketones is 1. The lowest BCUT2D eigenvalue weighted by atomic mass is 10.2. The van der Waals surface area contributed by atoms with Gasteiger partial charge in [-0.15, -0.1) is 0 Å². The van der Waals surface area contributed by atoms with Crippen molar-refractivity contribution in [1.29, 1.82) is 0 Å². The van der Waals surface area contributed by atoms with Crippen LogP contribution < -0.4 is 10.6 Å². The molecule has 1 saturated carbocycles. The van der Waals surface area contributed by atoms with Gasteiger partial charge in [0, 0.05) is 36.9 Å². The van der Waals surface area contributed by atoms with Crippen LogP contribution in [0.4, 0.5) is 16.6 Å². The van der Waals surface area contributed by atoms with E-state index in [0.717, 1.165) is 43.1 Å². The molecule has 2 N–H and O–H groups in total. The fourth-order valence-corrected chi connectivity index (χ4v) is 6.40. The molecule has 2 aliphatic heterocycles. The minimum absolute atomic E-state index is 0.0302. The number of ether oxygens (including phenoxy) is 1. The Bertz CT molecular complexity index is 1510. The van der Waals surface area contributed by atoms with Gasteiger partial charge < -0.3 is 29.7 Å². The molecule has 5 heterocycles. The van der Waals surface area contributed by atoms with Gasteiger partial charge >= 0.3 is 6.09 Å². The molecule has 3 aromatic rings. The summed E-state index contributed by atoms with van der Waals surface area (Å²) in [5.74, 6) is 0.812. The van der Waals surface area contributed by atoms with Gasteiger partial charge in [0.05, 0.1) is 29.9 Å². The average Bonchev–Trinajstić information content (AvgIpc) is 3.75. The number of amides is 2. The number of carbonyl (C=O) groups is 3. The molecular weight excluding hydrogens is 536 g/mol. The largest absolute Gasteiger partial charge is 0.444 e. The standard InChI is InChI=1S/C30H38N8O4/c1-30(2,3)42-29(41)37-17-21-12-22(37)16-36(21)27(40)18-9-10-25(32-13-18)34-28-33-14-19-11-23(24(39)15-31-4)38(26(19)35-28)20-7-5-6-8-20/h9-11,13-14,20-22,31H,5-8,12,15-17H2,1-4H3,(H,32,33,34,35). The van der Waals surface area contributed by atoms with Crippen molar-refractivity contribution in [2.45, 2.75) is 76.6 Å². The summed E-state index contributed by atoms with van der Waals surface area (Å²) in [6.07, 6.45) is 8.02. The summed E-state index contributed by atoms with van der Waals surface area (Å²) in [6, 6.07) is 5.53. The second kappa shape index (κ2) is 11.0. The highest BCUT2D eigenvalue weighted by atomic mass is 16.6. The number of hydrogen-bond acceptors (Lipinski definition) is 9. The van der Waals surface area contributed by atoms with Crippen molar-refractivity contribution in [1.82, 2.24) is 34.6 Å². The maximum absolute atomic E-state index is 13.3. The topological polar surface area (TPSA) is 135 Å². The third-order valence-electron chi connectivity index (χ3n) is 8.27. The highest BCUT2D eigenvalue weighted by Crippen LogP contribution is 2.35. The van der Waals surface area contributed by atoms with Crippen LogP contribution in [0.3, 0.4) is 0 Å². The first-order chi connectivity index (χ1) is 20.1. The molecule has 0 aromatic carbocycles. The number of nitrogens with one attached hydrogen (secondary N) is 2. The number of fused-ring (bicyclic) bond motifs is 3. The van der Waals surface area contributed by atoms with E-state index in [1.807, 2.05) is 31.7 Å². The molecule has 0 radical (unpaired) electrons. The van der Waals surface area contributed by atoms with Crippen molar-refractivity contribution >= 4 is 40.6 Å². The first kappa shape index (κ1) is 28.1. The van der Waals surface area contributed by atoms with Crippen molar-refractivity contribution in [3.05, 3.63) is 41.9 Å². The van der Waals surface area contributed by atoms with E-state index in [0.29, 0.717) is 36.1 Å². The molecule has 2 saturated heterocycles. The molecule has 3 fully saturated rings. The molecule has 12 heteroatoms. The summed E-state index contributed by atoms with van der Waals surface area (Å²) in [5.41, 5.74) is 1.32. The van der Waals surface area contributed by atoms with Gasteiger partial charge in [-0.1, -0.05) is 12.8 Å². The van der Waals surface area contributed by atoms with Gasteiger partial charge in [0.15, 0.2) is 5.78 Å². The first-order valence-corrected chi connectivity index (χ1v) is 14.7. The monoisotopic (exact) mass is 574 g/mol. The Balaban J connectivity index is 1.14. The van der Waals surface area contributed by atoms with E-state index in [1.54, 1.807) is 36.5 Å². The summed E-state index contributed by atoms with van der Waals surface area (Å²) in [7, 11) is 1.77. The number of rotatable bonds is 7. The molecule has 2 amide bonds. The first-order valence-electron chi connectivity index (χ1n) is 14.7. The molecule has 0 spiro atoms. The molecule has 1 aliphatic carbocycles. The van der Waals surface area contributed by atoms with Gasteiger partial charge in [-0.25, -0.2) is 14.8 Å². The molecule has 2 atom stereocenters. The number of Topliss-reactive ketones (excluding diaryl/α,β-unsaturated/α-hetero) is 1. The lowest BCUT2D eigenvalue weighted by Crippen LogP contribution is -2.51. The fourth-order valence-electron chi connectivity index (χ4n) is 6.40. The van der Waals surface area contributed by atoms with Crippen LogP contribution in [0.25, 0.3) is 11.0 Å². The van der Waals surface area contributed by atoms with Crippen molar-refractivity contribution in [2.24, 2.45) is 0 Å². The predicted octanol–water partition coefficient (Wildman–Crippen LogP) is 3.92. The molecule has 222 valence electrons. The van der Waals surface area contributed by atoms with Crippen LogP contribution in [-0.4, -0.2) is 91.5 Å². The average molecular weight is 575 g/mol. The lowest BCUT2D eigenvalue weighted by molar-refractivity contribution is 0.0126. The highest BCUT2D eigenvalue weighted by Gasteiger charge is 2.48. The number of likely N-dealkylation sites (tertiary alicyclic amines) is 2.